The van der Waals surface area contributed by atoms with Gasteiger partial charge in [-0.25, -0.2) is 4.39 Å². The van der Waals surface area contributed by atoms with Crippen LogP contribution < -0.4 is 4.74 Å². The standard InChI is InChI=1S/C18H17FO3/c1-21-11-12-22-17-4-2-3-14(13-17)5-10-18(20)15-6-8-16(19)9-7-15/h2-10,13H,11-12H2,1H3. The first-order chi connectivity index (χ1) is 10.7. The Morgan fingerprint density at radius 1 is 1.14 bits per heavy atom. The van der Waals surface area contributed by atoms with Crippen LogP contribution in [0, 0.1) is 5.82 Å². The van der Waals surface area contributed by atoms with Crippen molar-refractivity contribution in [1.82, 2.24) is 0 Å². The predicted octanol–water partition coefficient (Wildman–Crippen LogP) is 3.75. The lowest BCUT2D eigenvalue weighted by molar-refractivity contribution is 0.104. The Morgan fingerprint density at radius 3 is 2.64 bits per heavy atom. The highest BCUT2D eigenvalue weighted by atomic mass is 19.1. The van der Waals surface area contributed by atoms with Gasteiger partial charge in [0.15, 0.2) is 5.78 Å². The molecule has 0 aliphatic carbocycles. The Hall–Kier alpha value is -2.46. The van der Waals surface area contributed by atoms with Gasteiger partial charge in [0.05, 0.1) is 6.61 Å². The van der Waals surface area contributed by atoms with Crippen LogP contribution in [0.2, 0.25) is 0 Å². The van der Waals surface area contributed by atoms with Crippen LogP contribution in [0.1, 0.15) is 15.9 Å². The fourth-order valence-electron chi connectivity index (χ4n) is 1.83. The largest absolute Gasteiger partial charge is 0.491 e. The Balaban J connectivity index is 2.01. The molecule has 2 rings (SSSR count). The second-order valence-electron chi connectivity index (χ2n) is 4.62. The molecule has 0 fully saturated rings. The number of carbonyl (C=O) groups excluding carboxylic acids is 1. The summed E-state index contributed by atoms with van der Waals surface area (Å²) in [6.07, 6.45) is 3.16. The summed E-state index contributed by atoms with van der Waals surface area (Å²) >= 11 is 0. The zero-order valence-electron chi connectivity index (χ0n) is 12.3. The normalized spacial score (nSPS) is 10.8. The van der Waals surface area contributed by atoms with Crippen LogP contribution in [0.5, 0.6) is 5.75 Å². The van der Waals surface area contributed by atoms with E-state index in [1.807, 2.05) is 24.3 Å². The third-order valence-electron chi connectivity index (χ3n) is 2.97. The molecule has 2 aromatic rings. The van der Waals surface area contributed by atoms with Crippen molar-refractivity contribution in [2.24, 2.45) is 0 Å². The molecule has 0 bridgehead atoms. The quantitative estimate of drug-likeness (QED) is 0.444. The van der Waals surface area contributed by atoms with Gasteiger partial charge in [-0.15, -0.1) is 0 Å². The number of methoxy groups -OCH3 is 1. The van der Waals surface area contributed by atoms with Crippen molar-refractivity contribution in [1.29, 1.82) is 0 Å². The van der Waals surface area contributed by atoms with E-state index in [0.29, 0.717) is 24.5 Å². The van der Waals surface area contributed by atoms with E-state index in [1.54, 1.807) is 13.2 Å². The van der Waals surface area contributed by atoms with Crippen molar-refractivity contribution in [2.45, 2.75) is 0 Å². The van der Waals surface area contributed by atoms with Gasteiger partial charge in [0.2, 0.25) is 0 Å². The maximum atomic E-state index is 12.8. The minimum Gasteiger partial charge on any atom is -0.491 e. The molecule has 0 atom stereocenters. The molecule has 0 aliphatic heterocycles. The first kappa shape index (κ1) is 15.9. The molecular weight excluding hydrogens is 283 g/mol. The summed E-state index contributed by atoms with van der Waals surface area (Å²) in [6, 6.07) is 12.9. The van der Waals surface area contributed by atoms with E-state index in [-0.39, 0.29) is 11.6 Å². The molecule has 0 saturated carbocycles. The summed E-state index contributed by atoms with van der Waals surface area (Å²) in [5, 5.41) is 0. The van der Waals surface area contributed by atoms with Crippen LogP contribution in [0.4, 0.5) is 4.39 Å². The fourth-order valence-corrected chi connectivity index (χ4v) is 1.83. The average molecular weight is 300 g/mol. The van der Waals surface area contributed by atoms with Gasteiger partial charge < -0.3 is 9.47 Å². The summed E-state index contributed by atoms with van der Waals surface area (Å²) in [7, 11) is 1.61. The Morgan fingerprint density at radius 2 is 1.91 bits per heavy atom. The maximum absolute atomic E-state index is 12.8. The van der Waals surface area contributed by atoms with E-state index >= 15 is 0 Å². The average Bonchev–Trinajstić information content (AvgIpc) is 2.54. The van der Waals surface area contributed by atoms with Crippen LogP contribution in [-0.4, -0.2) is 26.1 Å². The second kappa shape index (κ2) is 8.10. The van der Waals surface area contributed by atoms with Gasteiger partial charge in [0.25, 0.3) is 0 Å². The van der Waals surface area contributed by atoms with E-state index in [0.717, 1.165) is 5.56 Å². The number of halogens is 1. The lowest BCUT2D eigenvalue weighted by Gasteiger charge is -2.05. The van der Waals surface area contributed by atoms with Gasteiger partial charge in [-0.05, 0) is 48.0 Å². The number of ether oxygens (including phenoxy) is 2. The molecule has 3 nitrogen and oxygen atoms in total. The molecule has 0 spiro atoms. The molecular formula is C18H17FO3. The SMILES string of the molecule is COCCOc1cccc(C=CC(=O)c2ccc(F)cc2)c1. The molecule has 0 heterocycles. The molecule has 22 heavy (non-hydrogen) atoms. The lowest BCUT2D eigenvalue weighted by atomic mass is 10.1. The molecule has 0 aliphatic rings. The predicted molar refractivity (Wildman–Crippen MR) is 83.6 cm³/mol. The number of rotatable bonds is 7. The zero-order chi connectivity index (χ0) is 15.8. The first-order valence-electron chi connectivity index (χ1n) is 6.89. The van der Waals surface area contributed by atoms with Gasteiger partial charge in [0.1, 0.15) is 18.2 Å². The maximum Gasteiger partial charge on any atom is 0.185 e. The minimum absolute atomic E-state index is 0.175. The van der Waals surface area contributed by atoms with Gasteiger partial charge in [-0.3, -0.25) is 4.79 Å². The molecule has 0 unspecified atom stereocenters. The van der Waals surface area contributed by atoms with Crippen LogP contribution in [-0.2, 0) is 4.74 Å². The molecule has 0 aromatic heterocycles. The molecule has 114 valence electrons. The number of hydrogen-bond acceptors (Lipinski definition) is 3. The molecule has 0 saturated heterocycles. The number of allylic oxidation sites excluding steroid dienone is 1. The van der Waals surface area contributed by atoms with Gasteiger partial charge in [-0.2, -0.15) is 0 Å². The van der Waals surface area contributed by atoms with Crippen LogP contribution >= 0.6 is 0 Å². The van der Waals surface area contributed by atoms with Gasteiger partial charge in [0, 0.05) is 12.7 Å². The number of carbonyl (C=O) groups is 1. The summed E-state index contributed by atoms with van der Waals surface area (Å²) in [5.41, 5.74) is 1.30. The van der Waals surface area contributed by atoms with E-state index in [4.69, 9.17) is 9.47 Å². The summed E-state index contributed by atoms with van der Waals surface area (Å²) in [6.45, 7) is 0.987. The summed E-state index contributed by atoms with van der Waals surface area (Å²) in [4.78, 5) is 12.0. The summed E-state index contributed by atoms with van der Waals surface area (Å²) in [5.74, 6) is 0.181. The number of ketones is 1. The first-order valence-corrected chi connectivity index (χ1v) is 6.89. The van der Waals surface area contributed by atoms with Crippen LogP contribution in [0.15, 0.2) is 54.6 Å². The van der Waals surface area contributed by atoms with Crippen molar-refractivity contribution in [3.8, 4) is 5.75 Å². The van der Waals surface area contributed by atoms with Crippen LogP contribution in [0.25, 0.3) is 6.08 Å². The van der Waals surface area contributed by atoms with E-state index < -0.39 is 0 Å². The molecule has 0 N–H and O–H groups in total. The molecule has 2 aromatic carbocycles. The number of benzene rings is 2. The second-order valence-corrected chi connectivity index (χ2v) is 4.62. The molecule has 4 heteroatoms. The highest BCUT2D eigenvalue weighted by Gasteiger charge is 2.02. The topological polar surface area (TPSA) is 35.5 Å². The number of hydrogen-bond donors (Lipinski definition) is 0. The van der Waals surface area contributed by atoms with Crippen molar-refractivity contribution in [3.05, 3.63) is 71.6 Å². The zero-order valence-corrected chi connectivity index (χ0v) is 12.3. The van der Waals surface area contributed by atoms with Crippen molar-refractivity contribution >= 4 is 11.9 Å². The highest BCUT2D eigenvalue weighted by Crippen LogP contribution is 2.15. The summed E-state index contributed by atoms with van der Waals surface area (Å²) < 4.78 is 23.2. The van der Waals surface area contributed by atoms with Gasteiger partial charge >= 0.3 is 0 Å². The third-order valence-corrected chi connectivity index (χ3v) is 2.97. The lowest BCUT2D eigenvalue weighted by Crippen LogP contribution is -2.04. The Labute approximate surface area is 129 Å². The van der Waals surface area contributed by atoms with Crippen molar-refractivity contribution in [2.75, 3.05) is 20.3 Å². The Kier molecular flexibility index (Phi) is 5.86. The molecule has 0 radical (unpaired) electrons. The fraction of sp³-hybridized carbons (Fsp3) is 0.167. The smallest absolute Gasteiger partial charge is 0.185 e. The third kappa shape index (κ3) is 4.82. The van der Waals surface area contributed by atoms with Crippen LogP contribution in [0.3, 0.4) is 0 Å². The van der Waals surface area contributed by atoms with E-state index in [1.165, 1.54) is 30.3 Å². The minimum atomic E-state index is -0.360. The van der Waals surface area contributed by atoms with E-state index in [9.17, 15) is 9.18 Å². The monoisotopic (exact) mass is 300 g/mol. The van der Waals surface area contributed by atoms with Crippen molar-refractivity contribution < 1.29 is 18.7 Å². The van der Waals surface area contributed by atoms with E-state index in [2.05, 4.69) is 0 Å². The highest BCUT2D eigenvalue weighted by molar-refractivity contribution is 6.06. The van der Waals surface area contributed by atoms with Crippen molar-refractivity contribution in [3.63, 3.8) is 0 Å². The Bertz CT molecular complexity index is 648. The molecule has 0 amide bonds. The van der Waals surface area contributed by atoms with Gasteiger partial charge in [-0.1, -0.05) is 18.2 Å².